The third kappa shape index (κ3) is 6.75. The monoisotopic (exact) mass is 397 g/mol. The Morgan fingerprint density at radius 1 is 1.00 bits per heavy atom. The maximum Gasteiger partial charge on any atom is 0.308 e. The van der Waals surface area contributed by atoms with E-state index in [1.165, 1.54) is 0 Å². The van der Waals surface area contributed by atoms with Crippen molar-refractivity contribution in [3.8, 4) is 5.75 Å². The summed E-state index contributed by atoms with van der Waals surface area (Å²) < 4.78 is 5.71. The van der Waals surface area contributed by atoms with Gasteiger partial charge in [-0.25, -0.2) is 0 Å². The van der Waals surface area contributed by atoms with Crippen LogP contribution < -0.4 is 10.1 Å². The molecule has 3 atom stereocenters. The van der Waals surface area contributed by atoms with Crippen molar-refractivity contribution in [1.82, 2.24) is 5.32 Å². The van der Waals surface area contributed by atoms with Crippen LogP contribution in [-0.2, 0) is 20.8 Å². The smallest absolute Gasteiger partial charge is 0.308 e. The number of hydrogen-bond donors (Lipinski definition) is 2. The van der Waals surface area contributed by atoms with Gasteiger partial charge < -0.3 is 20.0 Å². The van der Waals surface area contributed by atoms with E-state index in [4.69, 9.17) is 4.74 Å². The Kier molecular flexibility index (Phi) is 7.95. The highest BCUT2D eigenvalue weighted by Gasteiger charge is 2.28. The summed E-state index contributed by atoms with van der Waals surface area (Å²) in [5.41, 5.74) is 1.74. The molecule has 0 aliphatic carbocycles. The predicted octanol–water partition coefficient (Wildman–Crippen LogP) is 3.55. The van der Waals surface area contributed by atoms with Crippen LogP contribution in [0, 0.1) is 5.92 Å². The Morgan fingerprint density at radius 3 is 2.17 bits per heavy atom. The average Bonchev–Trinajstić information content (AvgIpc) is 2.71. The van der Waals surface area contributed by atoms with Crippen LogP contribution in [0.4, 0.5) is 0 Å². The fraction of sp³-hybridized carbons (Fsp3) is 0.348. The van der Waals surface area contributed by atoms with Crippen molar-refractivity contribution in [2.24, 2.45) is 5.92 Å². The van der Waals surface area contributed by atoms with E-state index in [-0.39, 0.29) is 5.78 Å². The Hall–Kier alpha value is -3.15. The molecule has 2 aromatic rings. The van der Waals surface area contributed by atoms with Gasteiger partial charge in [0.1, 0.15) is 11.5 Å². The van der Waals surface area contributed by atoms with E-state index in [1.807, 2.05) is 18.2 Å². The van der Waals surface area contributed by atoms with Gasteiger partial charge in [-0.15, -0.1) is 0 Å². The van der Waals surface area contributed by atoms with Crippen molar-refractivity contribution in [2.75, 3.05) is 0 Å². The van der Waals surface area contributed by atoms with Crippen LogP contribution in [0.15, 0.2) is 54.6 Å². The van der Waals surface area contributed by atoms with Crippen molar-refractivity contribution in [1.29, 1.82) is 0 Å². The van der Waals surface area contributed by atoms with Crippen LogP contribution in [0.5, 0.6) is 5.75 Å². The molecule has 154 valence electrons. The normalized spacial score (nSPS) is 13.8. The molecule has 0 saturated heterocycles. The molecule has 0 fully saturated rings. The van der Waals surface area contributed by atoms with E-state index in [0.29, 0.717) is 18.6 Å². The number of amides is 1. The van der Waals surface area contributed by atoms with Gasteiger partial charge in [-0.2, -0.15) is 0 Å². The summed E-state index contributed by atoms with van der Waals surface area (Å²) in [4.78, 5) is 35.2. The van der Waals surface area contributed by atoms with E-state index in [0.717, 1.165) is 11.1 Å². The second kappa shape index (κ2) is 10.4. The standard InChI is InChI=1S/C23H27NO5/c1-15(25)9-10-18-11-13-20(14-12-18)29-17(3)22(26)24-21(16(2)23(27)28)19-7-5-4-6-8-19/h4-8,11-14,16-17,21H,9-10H2,1-3H3,(H,24,26)(H,27,28)/t16-,17+,21+/m0/s1. The van der Waals surface area contributed by atoms with Crippen molar-refractivity contribution in [2.45, 2.75) is 45.8 Å². The average molecular weight is 397 g/mol. The van der Waals surface area contributed by atoms with Gasteiger partial charge in [-0.05, 0) is 50.5 Å². The highest BCUT2D eigenvalue weighted by Crippen LogP contribution is 2.23. The Bertz CT molecular complexity index is 832. The molecule has 0 aliphatic rings. The van der Waals surface area contributed by atoms with Crippen molar-refractivity contribution in [3.63, 3.8) is 0 Å². The Labute approximate surface area is 170 Å². The highest BCUT2D eigenvalue weighted by atomic mass is 16.5. The first kappa shape index (κ1) is 22.1. The number of Topliss-reactive ketones (excluding diaryl/α,β-unsaturated/α-hetero) is 1. The van der Waals surface area contributed by atoms with Gasteiger partial charge in [0, 0.05) is 6.42 Å². The molecule has 0 spiro atoms. The van der Waals surface area contributed by atoms with Crippen LogP contribution in [-0.4, -0.2) is 28.9 Å². The minimum atomic E-state index is -0.992. The molecule has 0 aromatic heterocycles. The molecule has 2 aromatic carbocycles. The van der Waals surface area contributed by atoms with E-state index < -0.39 is 29.9 Å². The number of hydrogen-bond acceptors (Lipinski definition) is 4. The van der Waals surface area contributed by atoms with Gasteiger partial charge in [-0.1, -0.05) is 42.5 Å². The number of ketones is 1. The number of benzene rings is 2. The maximum absolute atomic E-state index is 12.6. The summed E-state index contributed by atoms with van der Waals surface area (Å²) in [6.07, 6.45) is 0.351. The van der Waals surface area contributed by atoms with Crippen molar-refractivity contribution < 1.29 is 24.2 Å². The molecular weight excluding hydrogens is 370 g/mol. The SMILES string of the molecule is CC(=O)CCc1ccc(O[C@H](C)C(=O)N[C@@H](c2ccccc2)[C@H](C)C(=O)O)cc1. The second-order valence-electron chi connectivity index (χ2n) is 7.13. The second-order valence-corrected chi connectivity index (χ2v) is 7.13. The van der Waals surface area contributed by atoms with Crippen molar-refractivity contribution in [3.05, 3.63) is 65.7 Å². The van der Waals surface area contributed by atoms with E-state index in [1.54, 1.807) is 57.2 Å². The summed E-state index contributed by atoms with van der Waals surface area (Å²) in [5, 5.41) is 12.2. The first-order chi connectivity index (χ1) is 13.8. The quantitative estimate of drug-likeness (QED) is 0.640. The van der Waals surface area contributed by atoms with Crippen LogP contribution >= 0.6 is 0 Å². The summed E-state index contributed by atoms with van der Waals surface area (Å²) in [6, 6.07) is 15.6. The number of aryl methyl sites for hydroxylation is 1. The van der Waals surface area contributed by atoms with Gasteiger partial charge >= 0.3 is 5.97 Å². The van der Waals surface area contributed by atoms with Gasteiger partial charge in [0.15, 0.2) is 6.10 Å². The third-order valence-electron chi connectivity index (χ3n) is 4.72. The molecule has 0 heterocycles. The molecule has 6 heteroatoms. The molecule has 6 nitrogen and oxygen atoms in total. The zero-order chi connectivity index (χ0) is 21.4. The number of carboxylic acids is 1. The molecule has 29 heavy (non-hydrogen) atoms. The number of nitrogens with one attached hydrogen (secondary N) is 1. The number of rotatable bonds is 10. The fourth-order valence-corrected chi connectivity index (χ4v) is 2.88. The zero-order valence-electron chi connectivity index (χ0n) is 16.9. The summed E-state index contributed by atoms with van der Waals surface area (Å²) in [6.45, 7) is 4.74. The summed E-state index contributed by atoms with van der Waals surface area (Å²) >= 11 is 0. The molecular formula is C23H27NO5. The van der Waals surface area contributed by atoms with Crippen LogP contribution in [0.25, 0.3) is 0 Å². The first-order valence-electron chi connectivity index (χ1n) is 9.61. The van der Waals surface area contributed by atoms with E-state index in [9.17, 15) is 19.5 Å². The number of carboxylic acid groups (broad SMARTS) is 1. The van der Waals surface area contributed by atoms with Crippen molar-refractivity contribution >= 4 is 17.7 Å². The third-order valence-corrected chi connectivity index (χ3v) is 4.72. The maximum atomic E-state index is 12.6. The highest BCUT2D eigenvalue weighted by molar-refractivity contribution is 5.82. The minimum absolute atomic E-state index is 0.138. The fourth-order valence-electron chi connectivity index (χ4n) is 2.88. The zero-order valence-corrected chi connectivity index (χ0v) is 16.9. The lowest BCUT2D eigenvalue weighted by molar-refractivity contribution is -0.142. The Balaban J connectivity index is 2.02. The number of ether oxygens (including phenoxy) is 1. The number of carbonyl (C=O) groups is 3. The van der Waals surface area contributed by atoms with E-state index >= 15 is 0 Å². The lowest BCUT2D eigenvalue weighted by Gasteiger charge is -2.25. The molecule has 0 unspecified atom stereocenters. The molecule has 0 aliphatic heterocycles. The largest absolute Gasteiger partial charge is 0.481 e. The van der Waals surface area contributed by atoms with Gasteiger partial charge in [0.2, 0.25) is 0 Å². The lowest BCUT2D eigenvalue weighted by Crippen LogP contribution is -2.42. The number of aliphatic carboxylic acids is 1. The Morgan fingerprint density at radius 2 is 1.62 bits per heavy atom. The number of carbonyl (C=O) groups excluding carboxylic acids is 2. The predicted molar refractivity (Wildman–Crippen MR) is 110 cm³/mol. The van der Waals surface area contributed by atoms with Gasteiger partial charge in [-0.3, -0.25) is 9.59 Å². The summed E-state index contributed by atoms with van der Waals surface area (Å²) in [5.74, 6) is -1.52. The first-order valence-corrected chi connectivity index (χ1v) is 9.61. The van der Waals surface area contributed by atoms with E-state index in [2.05, 4.69) is 5.32 Å². The van der Waals surface area contributed by atoms with Crippen LogP contribution in [0.3, 0.4) is 0 Å². The topological polar surface area (TPSA) is 92.7 Å². The minimum Gasteiger partial charge on any atom is -0.481 e. The van der Waals surface area contributed by atoms with Gasteiger partial charge in [0.25, 0.3) is 5.91 Å². The van der Waals surface area contributed by atoms with Crippen LogP contribution in [0.1, 0.15) is 44.4 Å². The molecule has 1 amide bonds. The van der Waals surface area contributed by atoms with Gasteiger partial charge in [0.05, 0.1) is 12.0 Å². The molecule has 2 N–H and O–H groups in total. The molecule has 0 saturated carbocycles. The summed E-state index contributed by atoms with van der Waals surface area (Å²) in [7, 11) is 0. The molecule has 0 bridgehead atoms. The van der Waals surface area contributed by atoms with Crippen LogP contribution in [0.2, 0.25) is 0 Å². The molecule has 0 radical (unpaired) electrons. The lowest BCUT2D eigenvalue weighted by atomic mass is 9.94. The molecule has 2 rings (SSSR count).